The van der Waals surface area contributed by atoms with Crippen molar-refractivity contribution in [2.75, 3.05) is 30.5 Å². The highest BCUT2D eigenvalue weighted by Gasteiger charge is 2.36. The van der Waals surface area contributed by atoms with Gasteiger partial charge in [0, 0.05) is 36.0 Å². The molecule has 4 aromatic rings. The van der Waals surface area contributed by atoms with Crippen LogP contribution in [0.15, 0.2) is 77.7 Å². The Morgan fingerprint density at radius 2 is 1.79 bits per heavy atom. The van der Waals surface area contributed by atoms with Crippen molar-refractivity contribution in [1.82, 2.24) is 10.3 Å². The number of nitrogens with one attached hydrogen (secondary N) is 1. The molecule has 3 aromatic carbocycles. The van der Waals surface area contributed by atoms with E-state index in [0.717, 1.165) is 60.3 Å². The second-order valence-corrected chi connectivity index (χ2v) is 13.2. The number of hydrogen-bond acceptors (Lipinski definition) is 8. The van der Waals surface area contributed by atoms with Gasteiger partial charge in [-0.05, 0) is 111 Å². The van der Waals surface area contributed by atoms with E-state index in [0.29, 0.717) is 22.4 Å². The monoisotopic (exact) mass is 672 g/mol. The summed E-state index contributed by atoms with van der Waals surface area (Å²) in [6.45, 7) is 4.85. The lowest BCUT2D eigenvalue weighted by atomic mass is 9.85. The number of carbonyl (C=O) groups excluding carboxylic acids is 2. The van der Waals surface area contributed by atoms with Gasteiger partial charge in [-0.3, -0.25) is 4.79 Å². The molecule has 0 bridgehead atoms. The number of hydrogen-bond donors (Lipinski definition) is 1. The van der Waals surface area contributed by atoms with Crippen LogP contribution < -0.4 is 29.3 Å². The third-order valence-corrected chi connectivity index (χ3v) is 9.27. The summed E-state index contributed by atoms with van der Waals surface area (Å²) in [4.78, 5) is 34.0. The average Bonchev–Trinajstić information content (AvgIpc) is 3.58. The molecule has 48 heavy (non-hydrogen) atoms. The predicted molar refractivity (Wildman–Crippen MR) is 184 cm³/mol. The molecule has 1 N–H and O–H groups in total. The topological polar surface area (TPSA) is 106 Å². The number of benzene rings is 3. The SMILES string of the molecule is COc1cc2c(cc1OC(C)C)[C@H](c1ccc(Cl)cc1)N(c1ccc(N(C)CC3CCC(NC(=O)Oc4cocn4)CC3)cc1)C(=O)C2. The van der Waals surface area contributed by atoms with Crippen molar-refractivity contribution >= 4 is 35.0 Å². The number of rotatable bonds is 10. The van der Waals surface area contributed by atoms with Crippen LogP contribution in [0.25, 0.3) is 0 Å². The zero-order chi connectivity index (χ0) is 33.8. The summed E-state index contributed by atoms with van der Waals surface area (Å²) in [7, 11) is 3.71. The standard InChI is InChI=1S/C37H41ClN4O6/c1-23(2)47-33-19-31-26(17-32(33)45-4)18-35(43)42(36(31)25-7-9-27(38)10-8-25)30-15-13-29(14-16-30)41(3)20-24-5-11-28(12-6-24)40-37(44)48-34-21-46-22-39-34/h7-10,13-17,19,21-24,28,36H,5-6,11-12,18,20H2,1-4H3,(H,40,44)/t24?,28?,36-/m0/s1. The van der Waals surface area contributed by atoms with E-state index in [1.807, 2.05) is 67.3 Å². The number of ether oxygens (including phenoxy) is 3. The Morgan fingerprint density at radius 1 is 1.06 bits per heavy atom. The van der Waals surface area contributed by atoms with E-state index in [-0.39, 0.29) is 36.4 Å². The molecule has 0 unspecified atom stereocenters. The molecule has 1 fully saturated rings. The van der Waals surface area contributed by atoms with E-state index in [4.69, 9.17) is 30.2 Å². The number of oxazole rings is 1. The fourth-order valence-corrected chi connectivity index (χ4v) is 6.85. The van der Waals surface area contributed by atoms with E-state index in [1.54, 1.807) is 7.11 Å². The molecule has 2 amide bonds. The largest absolute Gasteiger partial charge is 0.493 e. The molecule has 252 valence electrons. The maximum Gasteiger partial charge on any atom is 0.414 e. The molecule has 6 rings (SSSR count). The lowest BCUT2D eigenvalue weighted by molar-refractivity contribution is -0.118. The Hall–Kier alpha value is -4.70. The number of carbonyl (C=O) groups is 2. The van der Waals surface area contributed by atoms with Gasteiger partial charge < -0.3 is 33.7 Å². The lowest BCUT2D eigenvalue weighted by Crippen LogP contribution is -2.41. The summed E-state index contributed by atoms with van der Waals surface area (Å²) in [6, 6.07) is 19.5. The van der Waals surface area contributed by atoms with Crippen molar-refractivity contribution < 1.29 is 28.2 Å². The van der Waals surface area contributed by atoms with Crippen molar-refractivity contribution in [1.29, 1.82) is 0 Å². The summed E-state index contributed by atoms with van der Waals surface area (Å²) >= 11 is 6.27. The summed E-state index contributed by atoms with van der Waals surface area (Å²) in [5.41, 5.74) is 4.74. The van der Waals surface area contributed by atoms with Crippen LogP contribution in [0.1, 0.15) is 62.3 Å². The molecule has 1 atom stereocenters. The Labute approximate surface area is 285 Å². The Balaban J connectivity index is 1.16. The smallest absolute Gasteiger partial charge is 0.414 e. The molecule has 0 saturated heterocycles. The third kappa shape index (κ3) is 7.54. The second-order valence-electron chi connectivity index (χ2n) is 12.7. The van der Waals surface area contributed by atoms with Crippen LogP contribution in [0.3, 0.4) is 0 Å². The maximum absolute atomic E-state index is 13.9. The first-order chi connectivity index (χ1) is 23.2. The van der Waals surface area contributed by atoms with E-state index in [2.05, 4.69) is 34.4 Å². The van der Waals surface area contributed by atoms with Crippen molar-refractivity contribution in [3.63, 3.8) is 0 Å². The molecule has 1 saturated carbocycles. The van der Waals surface area contributed by atoms with Gasteiger partial charge in [0.1, 0.15) is 0 Å². The van der Waals surface area contributed by atoms with Gasteiger partial charge in [-0.25, -0.2) is 4.79 Å². The zero-order valence-corrected chi connectivity index (χ0v) is 28.4. The summed E-state index contributed by atoms with van der Waals surface area (Å²) in [6.07, 6.45) is 5.95. The second kappa shape index (κ2) is 14.6. The van der Waals surface area contributed by atoms with Crippen molar-refractivity contribution in [3.05, 3.63) is 95.0 Å². The highest BCUT2D eigenvalue weighted by atomic mass is 35.5. The predicted octanol–water partition coefficient (Wildman–Crippen LogP) is 7.59. The number of aromatic nitrogens is 1. The normalized spacial score (nSPS) is 19.1. The van der Waals surface area contributed by atoms with Gasteiger partial charge in [0.2, 0.25) is 5.91 Å². The minimum Gasteiger partial charge on any atom is -0.493 e. The van der Waals surface area contributed by atoms with Gasteiger partial charge in [0.25, 0.3) is 5.88 Å². The van der Waals surface area contributed by atoms with Crippen molar-refractivity contribution in [3.8, 4) is 17.4 Å². The minimum absolute atomic E-state index is 0.00147. The van der Waals surface area contributed by atoms with Crippen molar-refractivity contribution in [2.45, 2.75) is 64.1 Å². The Bertz CT molecular complexity index is 1700. The Morgan fingerprint density at radius 3 is 2.44 bits per heavy atom. The maximum atomic E-state index is 13.9. The summed E-state index contributed by atoms with van der Waals surface area (Å²) in [5, 5.41) is 3.57. The molecule has 11 heteroatoms. The molecule has 1 aromatic heterocycles. The van der Waals surface area contributed by atoms with Crippen LogP contribution in [0.2, 0.25) is 5.02 Å². The fraction of sp³-hybridized carbons (Fsp3) is 0.378. The van der Waals surface area contributed by atoms with Crippen LogP contribution >= 0.6 is 11.6 Å². The minimum atomic E-state index is -0.511. The van der Waals surface area contributed by atoms with Crippen LogP contribution in [-0.2, 0) is 11.2 Å². The van der Waals surface area contributed by atoms with E-state index in [1.165, 1.54) is 12.7 Å². The highest BCUT2D eigenvalue weighted by Crippen LogP contribution is 2.44. The number of methoxy groups -OCH3 is 1. The number of halogens is 1. The van der Waals surface area contributed by atoms with Gasteiger partial charge >= 0.3 is 6.09 Å². The fourth-order valence-electron chi connectivity index (χ4n) is 6.72. The summed E-state index contributed by atoms with van der Waals surface area (Å²) in [5.74, 6) is 1.90. The zero-order valence-electron chi connectivity index (χ0n) is 27.6. The van der Waals surface area contributed by atoms with Gasteiger partial charge in [0.15, 0.2) is 24.2 Å². The molecule has 1 aliphatic heterocycles. The lowest BCUT2D eigenvalue weighted by Gasteiger charge is -2.38. The van der Waals surface area contributed by atoms with Gasteiger partial charge in [-0.15, -0.1) is 0 Å². The molecule has 2 aliphatic rings. The highest BCUT2D eigenvalue weighted by molar-refractivity contribution is 6.30. The van der Waals surface area contributed by atoms with Crippen molar-refractivity contribution in [2.24, 2.45) is 5.92 Å². The van der Waals surface area contributed by atoms with Crippen LogP contribution in [0.4, 0.5) is 16.2 Å². The van der Waals surface area contributed by atoms with E-state index < -0.39 is 6.09 Å². The van der Waals surface area contributed by atoms with E-state index >= 15 is 0 Å². The van der Waals surface area contributed by atoms with Gasteiger partial charge in [-0.1, -0.05) is 23.7 Å². The number of nitrogens with zero attached hydrogens (tertiary/aromatic N) is 3. The molecule has 0 radical (unpaired) electrons. The quantitative estimate of drug-likeness (QED) is 0.184. The number of anilines is 2. The molecule has 2 heterocycles. The Kier molecular flexibility index (Phi) is 10.1. The summed E-state index contributed by atoms with van der Waals surface area (Å²) < 4.78 is 21.8. The first-order valence-corrected chi connectivity index (χ1v) is 16.7. The average molecular weight is 673 g/mol. The van der Waals surface area contributed by atoms with Gasteiger partial charge in [0.05, 0.1) is 25.7 Å². The molecule has 10 nitrogen and oxygen atoms in total. The molecular weight excluding hydrogens is 632 g/mol. The first kappa shape index (κ1) is 33.2. The molecule has 0 spiro atoms. The van der Waals surface area contributed by atoms with Gasteiger partial charge in [-0.2, -0.15) is 4.98 Å². The van der Waals surface area contributed by atoms with Crippen LogP contribution in [-0.4, -0.2) is 49.8 Å². The number of amides is 2. The third-order valence-electron chi connectivity index (χ3n) is 9.01. The van der Waals surface area contributed by atoms with Crippen LogP contribution in [0.5, 0.6) is 17.4 Å². The first-order valence-electron chi connectivity index (χ1n) is 16.3. The molecule has 1 aliphatic carbocycles. The molecular formula is C37H41ClN4O6. The van der Waals surface area contributed by atoms with E-state index in [9.17, 15) is 9.59 Å². The van der Waals surface area contributed by atoms with Crippen LogP contribution in [0, 0.1) is 5.92 Å². The number of fused-ring (bicyclic) bond motifs is 1.